The highest BCUT2D eigenvalue weighted by atomic mass is 79.9. The number of hydrogen-bond acceptors (Lipinski definition) is 3. The van der Waals surface area contributed by atoms with Gasteiger partial charge in [0.1, 0.15) is 0 Å². The quantitative estimate of drug-likeness (QED) is 0.873. The molecule has 0 saturated carbocycles. The highest BCUT2D eigenvalue weighted by Crippen LogP contribution is 2.30. The highest BCUT2D eigenvalue weighted by molar-refractivity contribution is 9.11. The lowest BCUT2D eigenvalue weighted by Gasteiger charge is -2.33. The Morgan fingerprint density at radius 2 is 2.20 bits per heavy atom. The molecule has 20 heavy (non-hydrogen) atoms. The van der Waals surface area contributed by atoms with E-state index in [2.05, 4.69) is 34.2 Å². The van der Waals surface area contributed by atoms with Gasteiger partial charge >= 0.3 is 0 Å². The number of rotatable bonds is 5. The van der Waals surface area contributed by atoms with E-state index in [9.17, 15) is 4.79 Å². The summed E-state index contributed by atoms with van der Waals surface area (Å²) in [5, 5.41) is 3.41. The lowest BCUT2D eigenvalue weighted by molar-refractivity contribution is -0.133. The van der Waals surface area contributed by atoms with Gasteiger partial charge < -0.3 is 10.2 Å². The minimum Gasteiger partial charge on any atom is -0.342 e. The molecular formula is C15H23BrN2OS. The van der Waals surface area contributed by atoms with Gasteiger partial charge in [0.05, 0.1) is 9.70 Å². The fraction of sp³-hybridized carbons (Fsp3) is 0.667. The number of nitrogens with zero attached hydrogens (tertiary/aromatic N) is 1. The molecule has 1 amide bonds. The Hall–Kier alpha value is -0.390. The third-order valence-corrected chi connectivity index (χ3v) is 5.81. The van der Waals surface area contributed by atoms with Crippen LogP contribution in [-0.4, -0.2) is 37.0 Å². The SMILES string of the molecule is CCNCC1CCN(C(=O)C(C)c2ccc(Br)s2)CC1. The van der Waals surface area contributed by atoms with Gasteiger partial charge in [0.2, 0.25) is 5.91 Å². The Morgan fingerprint density at radius 1 is 1.50 bits per heavy atom. The van der Waals surface area contributed by atoms with Crippen LogP contribution in [0.5, 0.6) is 0 Å². The largest absolute Gasteiger partial charge is 0.342 e. The fourth-order valence-electron chi connectivity index (χ4n) is 2.66. The first-order valence-corrected chi connectivity index (χ1v) is 8.97. The van der Waals surface area contributed by atoms with E-state index in [1.54, 1.807) is 11.3 Å². The average molecular weight is 359 g/mol. The van der Waals surface area contributed by atoms with Crippen LogP contribution < -0.4 is 5.32 Å². The van der Waals surface area contributed by atoms with Gasteiger partial charge in [-0.15, -0.1) is 11.3 Å². The van der Waals surface area contributed by atoms with E-state index in [1.807, 2.05) is 17.9 Å². The van der Waals surface area contributed by atoms with Crippen LogP contribution in [0.3, 0.4) is 0 Å². The van der Waals surface area contributed by atoms with Crippen LogP contribution >= 0.6 is 27.3 Å². The predicted molar refractivity (Wildman–Crippen MR) is 88.3 cm³/mol. The van der Waals surface area contributed by atoms with Crippen molar-refractivity contribution >= 4 is 33.2 Å². The van der Waals surface area contributed by atoms with Crippen molar-refractivity contribution in [2.75, 3.05) is 26.2 Å². The minimum atomic E-state index is -0.0170. The fourth-order valence-corrected chi connectivity index (χ4v) is 4.13. The molecule has 1 aromatic heterocycles. The number of carbonyl (C=O) groups is 1. The van der Waals surface area contributed by atoms with Crippen LogP contribution in [0.4, 0.5) is 0 Å². The normalized spacial score (nSPS) is 18.2. The van der Waals surface area contributed by atoms with Crippen molar-refractivity contribution < 1.29 is 4.79 Å². The molecule has 1 aliphatic heterocycles. The summed E-state index contributed by atoms with van der Waals surface area (Å²) < 4.78 is 1.09. The first kappa shape index (κ1) is 16.0. The van der Waals surface area contributed by atoms with E-state index >= 15 is 0 Å². The molecule has 0 radical (unpaired) electrons. The van der Waals surface area contributed by atoms with Gasteiger partial charge in [-0.3, -0.25) is 4.79 Å². The first-order chi connectivity index (χ1) is 9.61. The second-order valence-corrected chi connectivity index (χ2v) is 7.93. The van der Waals surface area contributed by atoms with Crippen LogP contribution in [0, 0.1) is 5.92 Å². The first-order valence-electron chi connectivity index (χ1n) is 7.36. The Morgan fingerprint density at radius 3 is 2.75 bits per heavy atom. The molecule has 1 atom stereocenters. The van der Waals surface area contributed by atoms with E-state index in [0.29, 0.717) is 0 Å². The van der Waals surface area contributed by atoms with Crippen LogP contribution in [0.15, 0.2) is 15.9 Å². The monoisotopic (exact) mass is 358 g/mol. The van der Waals surface area contributed by atoms with Crippen LogP contribution in [0.1, 0.15) is 37.5 Å². The molecule has 1 saturated heterocycles. The van der Waals surface area contributed by atoms with Crippen molar-refractivity contribution in [3.05, 3.63) is 20.8 Å². The Kier molecular flexibility index (Phi) is 6.05. The predicted octanol–water partition coefficient (Wildman–Crippen LogP) is 3.46. The Balaban J connectivity index is 1.85. The van der Waals surface area contributed by atoms with Crippen LogP contribution in [0.25, 0.3) is 0 Å². The smallest absolute Gasteiger partial charge is 0.230 e. The number of hydrogen-bond donors (Lipinski definition) is 1. The van der Waals surface area contributed by atoms with Gasteiger partial charge in [-0.1, -0.05) is 6.92 Å². The van der Waals surface area contributed by atoms with Crippen molar-refractivity contribution in [1.82, 2.24) is 10.2 Å². The number of piperidine rings is 1. The van der Waals surface area contributed by atoms with Crippen molar-refractivity contribution in [2.24, 2.45) is 5.92 Å². The summed E-state index contributed by atoms with van der Waals surface area (Å²) in [6.07, 6.45) is 2.25. The average Bonchev–Trinajstić information content (AvgIpc) is 2.90. The number of nitrogens with one attached hydrogen (secondary N) is 1. The molecule has 112 valence electrons. The van der Waals surface area contributed by atoms with Crippen molar-refractivity contribution in [1.29, 1.82) is 0 Å². The zero-order valence-corrected chi connectivity index (χ0v) is 14.6. The number of thiophene rings is 1. The molecule has 0 spiro atoms. The molecule has 0 aliphatic carbocycles. The summed E-state index contributed by atoms with van der Waals surface area (Å²) in [6, 6.07) is 4.07. The van der Waals surface area contributed by atoms with Crippen molar-refractivity contribution in [3.63, 3.8) is 0 Å². The molecule has 1 N–H and O–H groups in total. The molecule has 1 unspecified atom stereocenters. The molecule has 0 bridgehead atoms. The second-order valence-electron chi connectivity index (χ2n) is 5.44. The summed E-state index contributed by atoms with van der Waals surface area (Å²) >= 11 is 5.12. The molecule has 2 heterocycles. The number of carbonyl (C=O) groups excluding carboxylic acids is 1. The Labute approximate surface area is 133 Å². The van der Waals surface area contributed by atoms with Gasteiger partial charge in [-0.05, 0) is 66.8 Å². The third-order valence-electron chi connectivity index (χ3n) is 4.00. The zero-order valence-electron chi connectivity index (χ0n) is 12.2. The topological polar surface area (TPSA) is 32.3 Å². The maximum Gasteiger partial charge on any atom is 0.230 e. The maximum absolute atomic E-state index is 12.5. The van der Waals surface area contributed by atoms with E-state index in [1.165, 1.54) is 0 Å². The molecule has 3 nitrogen and oxygen atoms in total. The van der Waals surface area contributed by atoms with Crippen LogP contribution in [-0.2, 0) is 4.79 Å². The third kappa shape index (κ3) is 4.06. The molecule has 1 fully saturated rings. The zero-order chi connectivity index (χ0) is 14.5. The molecule has 1 aliphatic rings. The van der Waals surface area contributed by atoms with Gasteiger partial charge in [0, 0.05) is 18.0 Å². The van der Waals surface area contributed by atoms with E-state index < -0.39 is 0 Å². The lowest BCUT2D eigenvalue weighted by atomic mass is 9.95. The number of likely N-dealkylation sites (tertiary alicyclic amines) is 1. The standard InChI is InChI=1S/C15H23BrN2OS/c1-3-17-10-12-6-8-18(9-7-12)15(19)11(2)13-4-5-14(16)20-13/h4-5,11-12,17H,3,6-10H2,1-2H3. The summed E-state index contributed by atoms with van der Waals surface area (Å²) in [5.74, 6) is 0.989. The Bertz CT molecular complexity index is 441. The van der Waals surface area contributed by atoms with Crippen molar-refractivity contribution in [3.8, 4) is 0 Å². The van der Waals surface area contributed by atoms with E-state index in [-0.39, 0.29) is 11.8 Å². The summed E-state index contributed by atoms with van der Waals surface area (Å²) in [7, 11) is 0. The summed E-state index contributed by atoms with van der Waals surface area (Å²) in [6.45, 7) is 8.10. The van der Waals surface area contributed by atoms with E-state index in [0.717, 1.165) is 53.6 Å². The number of halogens is 1. The van der Waals surface area contributed by atoms with Gasteiger partial charge in [-0.25, -0.2) is 0 Å². The molecule has 1 aromatic rings. The summed E-state index contributed by atoms with van der Waals surface area (Å²) in [5.41, 5.74) is 0. The minimum absolute atomic E-state index is 0.0170. The second kappa shape index (κ2) is 7.57. The van der Waals surface area contributed by atoms with Gasteiger partial charge in [0.15, 0.2) is 0 Å². The van der Waals surface area contributed by atoms with Gasteiger partial charge in [-0.2, -0.15) is 0 Å². The van der Waals surface area contributed by atoms with Gasteiger partial charge in [0.25, 0.3) is 0 Å². The molecule has 0 aromatic carbocycles. The summed E-state index contributed by atoms with van der Waals surface area (Å²) in [4.78, 5) is 15.7. The maximum atomic E-state index is 12.5. The number of amides is 1. The van der Waals surface area contributed by atoms with E-state index in [4.69, 9.17) is 0 Å². The molecule has 2 rings (SSSR count). The molecule has 5 heteroatoms. The van der Waals surface area contributed by atoms with Crippen LogP contribution in [0.2, 0.25) is 0 Å². The lowest BCUT2D eigenvalue weighted by Crippen LogP contribution is -2.42. The molecular weight excluding hydrogens is 336 g/mol. The van der Waals surface area contributed by atoms with Crippen molar-refractivity contribution in [2.45, 2.75) is 32.6 Å². The highest BCUT2D eigenvalue weighted by Gasteiger charge is 2.27.